The Hall–Kier alpha value is -1.61. The van der Waals surface area contributed by atoms with Crippen LogP contribution in [0.1, 0.15) is 11.1 Å². The second-order valence-electron chi connectivity index (χ2n) is 4.13. The second kappa shape index (κ2) is 4.10. The van der Waals surface area contributed by atoms with Crippen molar-refractivity contribution in [1.29, 1.82) is 0 Å². The summed E-state index contributed by atoms with van der Waals surface area (Å²) < 4.78 is 0. The molecule has 0 bridgehead atoms. The Morgan fingerprint density at radius 3 is 2.44 bits per heavy atom. The summed E-state index contributed by atoms with van der Waals surface area (Å²) in [6, 6.07) is 5.97. The summed E-state index contributed by atoms with van der Waals surface area (Å²) in [5, 5.41) is 9.04. The third kappa shape index (κ3) is 1.74. The van der Waals surface area contributed by atoms with E-state index in [0.29, 0.717) is 6.54 Å². The van der Waals surface area contributed by atoms with Crippen molar-refractivity contribution in [3.8, 4) is 0 Å². The Kier molecular flexibility index (Phi) is 2.79. The Labute approximate surface area is 95.0 Å². The number of carbonyl (C=O) groups is 1. The number of amides is 1. The number of rotatable bonds is 2. The molecule has 0 fully saturated rings. The van der Waals surface area contributed by atoms with Gasteiger partial charge in [-0.2, -0.15) is 0 Å². The van der Waals surface area contributed by atoms with Crippen molar-refractivity contribution in [3.63, 3.8) is 0 Å². The number of aliphatic hydroxyl groups is 1. The maximum absolute atomic E-state index is 11.8. The molecule has 0 spiro atoms. The van der Waals surface area contributed by atoms with E-state index in [4.69, 9.17) is 5.11 Å². The normalized spacial score (nSPS) is 15.6. The van der Waals surface area contributed by atoms with E-state index < -0.39 is 0 Å². The SMILES string of the molecule is Cc1cccc(C)c1N1CC(CO)=CC1=O. The number of nitrogens with zero attached hydrogens (tertiary/aromatic N) is 1. The largest absolute Gasteiger partial charge is 0.392 e. The Balaban J connectivity index is 2.37. The number of carbonyl (C=O) groups excluding carboxylic acids is 1. The molecule has 1 aliphatic heterocycles. The van der Waals surface area contributed by atoms with Crippen LogP contribution in [0.4, 0.5) is 5.69 Å². The first kappa shape index (κ1) is 10.9. The van der Waals surface area contributed by atoms with Crippen LogP contribution in [0.5, 0.6) is 0 Å². The van der Waals surface area contributed by atoms with Crippen LogP contribution in [-0.2, 0) is 4.79 Å². The molecule has 1 amide bonds. The molecule has 0 aromatic heterocycles. The summed E-state index contributed by atoms with van der Waals surface area (Å²) >= 11 is 0. The number of aryl methyl sites for hydroxylation is 2. The van der Waals surface area contributed by atoms with Crippen molar-refractivity contribution in [2.24, 2.45) is 0 Å². The van der Waals surface area contributed by atoms with E-state index in [1.54, 1.807) is 4.90 Å². The van der Waals surface area contributed by atoms with Crippen LogP contribution in [0.15, 0.2) is 29.8 Å². The highest BCUT2D eigenvalue weighted by atomic mass is 16.3. The third-order valence-electron chi connectivity index (χ3n) is 2.87. The molecule has 0 unspecified atom stereocenters. The Bertz CT molecular complexity index is 443. The summed E-state index contributed by atoms with van der Waals surface area (Å²) in [4.78, 5) is 13.5. The van der Waals surface area contributed by atoms with E-state index in [0.717, 1.165) is 22.4 Å². The molecule has 1 aliphatic rings. The average Bonchev–Trinajstić information content (AvgIpc) is 2.60. The van der Waals surface area contributed by atoms with E-state index in [1.165, 1.54) is 6.08 Å². The van der Waals surface area contributed by atoms with Gasteiger partial charge in [0, 0.05) is 12.6 Å². The number of benzene rings is 1. The van der Waals surface area contributed by atoms with E-state index >= 15 is 0 Å². The molecule has 84 valence electrons. The van der Waals surface area contributed by atoms with Gasteiger partial charge in [-0.25, -0.2) is 0 Å². The van der Waals surface area contributed by atoms with Crippen molar-refractivity contribution in [1.82, 2.24) is 0 Å². The molecule has 1 N–H and O–H groups in total. The Morgan fingerprint density at radius 2 is 1.94 bits per heavy atom. The molecule has 1 aromatic rings. The zero-order valence-corrected chi connectivity index (χ0v) is 9.53. The van der Waals surface area contributed by atoms with Gasteiger partial charge in [-0.15, -0.1) is 0 Å². The van der Waals surface area contributed by atoms with Gasteiger partial charge in [-0.1, -0.05) is 18.2 Å². The zero-order chi connectivity index (χ0) is 11.7. The highest BCUT2D eigenvalue weighted by Gasteiger charge is 2.24. The standard InChI is InChI=1S/C13H15NO2/c1-9-4-3-5-10(2)13(9)14-7-11(8-15)6-12(14)16/h3-6,15H,7-8H2,1-2H3. The van der Waals surface area contributed by atoms with Gasteiger partial charge in [-0.05, 0) is 30.5 Å². The molecule has 0 saturated heterocycles. The quantitative estimate of drug-likeness (QED) is 0.816. The van der Waals surface area contributed by atoms with Gasteiger partial charge in [0.1, 0.15) is 0 Å². The number of aliphatic hydroxyl groups excluding tert-OH is 1. The third-order valence-corrected chi connectivity index (χ3v) is 2.87. The Morgan fingerprint density at radius 1 is 1.31 bits per heavy atom. The molecular formula is C13H15NO2. The lowest BCUT2D eigenvalue weighted by molar-refractivity contribution is -0.113. The van der Waals surface area contributed by atoms with E-state index in [-0.39, 0.29) is 12.5 Å². The summed E-state index contributed by atoms with van der Waals surface area (Å²) in [5.41, 5.74) is 3.90. The molecule has 1 heterocycles. The number of para-hydroxylation sites is 1. The first-order valence-electron chi connectivity index (χ1n) is 5.31. The maximum atomic E-state index is 11.8. The van der Waals surface area contributed by atoms with Crippen molar-refractivity contribution in [2.75, 3.05) is 18.1 Å². The topological polar surface area (TPSA) is 40.5 Å². The van der Waals surface area contributed by atoms with E-state index in [2.05, 4.69) is 0 Å². The number of hydrogen-bond acceptors (Lipinski definition) is 2. The lowest BCUT2D eigenvalue weighted by Crippen LogP contribution is -2.27. The van der Waals surface area contributed by atoms with Gasteiger partial charge in [0.05, 0.1) is 12.3 Å². The molecule has 16 heavy (non-hydrogen) atoms. The van der Waals surface area contributed by atoms with Gasteiger partial charge in [-0.3, -0.25) is 4.79 Å². The van der Waals surface area contributed by atoms with Crippen LogP contribution in [0.25, 0.3) is 0 Å². The predicted molar refractivity (Wildman–Crippen MR) is 63.4 cm³/mol. The zero-order valence-electron chi connectivity index (χ0n) is 9.53. The van der Waals surface area contributed by atoms with Crippen LogP contribution in [0.2, 0.25) is 0 Å². The average molecular weight is 217 g/mol. The first-order chi connectivity index (χ1) is 7.63. The number of hydrogen-bond donors (Lipinski definition) is 1. The molecule has 1 aromatic carbocycles. The highest BCUT2D eigenvalue weighted by molar-refractivity contribution is 6.06. The molecule has 3 nitrogen and oxygen atoms in total. The minimum Gasteiger partial charge on any atom is -0.392 e. The fourth-order valence-corrected chi connectivity index (χ4v) is 2.10. The molecule has 2 rings (SSSR count). The van der Waals surface area contributed by atoms with Crippen molar-refractivity contribution in [2.45, 2.75) is 13.8 Å². The van der Waals surface area contributed by atoms with E-state index in [1.807, 2.05) is 32.0 Å². The van der Waals surface area contributed by atoms with Crippen molar-refractivity contribution < 1.29 is 9.90 Å². The van der Waals surface area contributed by atoms with Crippen LogP contribution in [0.3, 0.4) is 0 Å². The molecule has 0 saturated carbocycles. The minimum absolute atomic E-state index is 0.0403. The van der Waals surface area contributed by atoms with Crippen molar-refractivity contribution >= 4 is 11.6 Å². The monoisotopic (exact) mass is 217 g/mol. The van der Waals surface area contributed by atoms with Gasteiger partial charge in [0.15, 0.2) is 0 Å². The lowest BCUT2D eigenvalue weighted by Gasteiger charge is -2.21. The minimum atomic E-state index is -0.0484. The van der Waals surface area contributed by atoms with Crippen LogP contribution < -0.4 is 4.90 Å². The van der Waals surface area contributed by atoms with Crippen LogP contribution >= 0.6 is 0 Å². The first-order valence-corrected chi connectivity index (χ1v) is 5.31. The summed E-state index contributed by atoms with van der Waals surface area (Å²) in [6.07, 6.45) is 1.52. The summed E-state index contributed by atoms with van der Waals surface area (Å²) in [5.74, 6) is -0.0403. The maximum Gasteiger partial charge on any atom is 0.251 e. The summed E-state index contributed by atoms with van der Waals surface area (Å²) in [7, 11) is 0. The lowest BCUT2D eigenvalue weighted by atomic mass is 10.1. The molecule has 0 radical (unpaired) electrons. The van der Waals surface area contributed by atoms with E-state index in [9.17, 15) is 4.79 Å². The molecule has 0 aliphatic carbocycles. The molecule has 3 heteroatoms. The fourth-order valence-electron chi connectivity index (χ4n) is 2.10. The molecule has 0 atom stereocenters. The van der Waals surface area contributed by atoms with Crippen molar-refractivity contribution in [3.05, 3.63) is 41.0 Å². The van der Waals surface area contributed by atoms with Gasteiger partial charge < -0.3 is 10.0 Å². The van der Waals surface area contributed by atoms with Crippen LogP contribution in [-0.4, -0.2) is 24.2 Å². The summed E-state index contributed by atoms with van der Waals surface area (Å²) in [6.45, 7) is 4.44. The van der Waals surface area contributed by atoms with Crippen LogP contribution in [0, 0.1) is 13.8 Å². The van der Waals surface area contributed by atoms with Gasteiger partial charge in [0.25, 0.3) is 5.91 Å². The predicted octanol–water partition coefficient (Wildman–Crippen LogP) is 1.57. The van der Waals surface area contributed by atoms with Gasteiger partial charge >= 0.3 is 0 Å². The second-order valence-corrected chi connectivity index (χ2v) is 4.13. The smallest absolute Gasteiger partial charge is 0.251 e. The van der Waals surface area contributed by atoms with Gasteiger partial charge in [0.2, 0.25) is 0 Å². The molecular weight excluding hydrogens is 202 g/mol. The highest BCUT2D eigenvalue weighted by Crippen LogP contribution is 2.28. The number of anilines is 1. The fraction of sp³-hybridized carbons (Fsp3) is 0.308.